The first-order valence-electron chi connectivity index (χ1n) is 6.34. The molecule has 2 heterocycles. The van der Waals surface area contributed by atoms with Crippen molar-refractivity contribution in [2.24, 2.45) is 0 Å². The van der Waals surface area contributed by atoms with Gasteiger partial charge in [-0.1, -0.05) is 18.2 Å². The van der Waals surface area contributed by atoms with Crippen molar-refractivity contribution in [2.45, 2.75) is 6.54 Å². The normalized spacial score (nSPS) is 10.5. The van der Waals surface area contributed by atoms with Crippen LogP contribution in [0.25, 0.3) is 10.6 Å². The first-order chi connectivity index (χ1) is 10.2. The zero-order valence-electron chi connectivity index (χ0n) is 11.0. The van der Waals surface area contributed by atoms with Gasteiger partial charge >= 0.3 is 0 Å². The van der Waals surface area contributed by atoms with Crippen LogP contribution in [0.1, 0.15) is 16.1 Å². The lowest BCUT2D eigenvalue weighted by atomic mass is 10.2. The number of thiophene rings is 1. The van der Waals surface area contributed by atoms with E-state index in [4.69, 9.17) is 0 Å². The van der Waals surface area contributed by atoms with E-state index in [1.54, 1.807) is 29.5 Å². The van der Waals surface area contributed by atoms with Crippen LogP contribution in [0.3, 0.4) is 0 Å². The third-order valence-electron chi connectivity index (χ3n) is 2.96. The van der Waals surface area contributed by atoms with Gasteiger partial charge in [0.1, 0.15) is 5.82 Å². The fourth-order valence-electron chi connectivity index (χ4n) is 1.87. The van der Waals surface area contributed by atoms with Crippen molar-refractivity contribution in [3.8, 4) is 10.6 Å². The number of carbonyl (C=O) groups excluding carboxylic acids is 1. The molecule has 0 fully saturated rings. The lowest BCUT2D eigenvalue weighted by molar-refractivity contribution is 0.0946. The predicted octanol–water partition coefficient (Wildman–Crippen LogP) is 3.21. The Hall–Kier alpha value is -2.47. The molecule has 0 radical (unpaired) electrons. The second-order valence-corrected chi connectivity index (χ2v) is 5.40. The molecule has 3 aromatic rings. The van der Waals surface area contributed by atoms with E-state index in [0.717, 1.165) is 16.1 Å². The summed E-state index contributed by atoms with van der Waals surface area (Å²) in [7, 11) is 0. The van der Waals surface area contributed by atoms with Gasteiger partial charge < -0.3 is 5.32 Å². The maximum atomic E-state index is 12.8. The summed E-state index contributed by atoms with van der Waals surface area (Å²) < 4.78 is 12.8. The van der Waals surface area contributed by atoms with Crippen molar-refractivity contribution in [3.05, 3.63) is 64.9 Å². The topological polar surface area (TPSA) is 57.8 Å². The van der Waals surface area contributed by atoms with Crippen LogP contribution >= 0.6 is 11.3 Å². The number of hydrogen-bond donors (Lipinski definition) is 2. The van der Waals surface area contributed by atoms with Crippen LogP contribution in [-0.4, -0.2) is 16.1 Å². The molecule has 4 nitrogen and oxygen atoms in total. The van der Waals surface area contributed by atoms with E-state index in [1.807, 2.05) is 17.5 Å². The van der Waals surface area contributed by atoms with Gasteiger partial charge in [-0.3, -0.25) is 9.89 Å². The number of nitrogens with zero attached hydrogens (tertiary/aromatic N) is 1. The molecule has 1 amide bonds. The lowest BCUT2D eigenvalue weighted by Crippen LogP contribution is -2.23. The van der Waals surface area contributed by atoms with Crippen LogP contribution in [0.15, 0.2) is 47.8 Å². The Balaban J connectivity index is 1.64. The number of rotatable bonds is 4. The number of halogens is 1. The molecule has 2 N–H and O–H groups in total. The van der Waals surface area contributed by atoms with E-state index in [0.29, 0.717) is 12.2 Å². The van der Waals surface area contributed by atoms with Gasteiger partial charge in [0.25, 0.3) is 5.91 Å². The van der Waals surface area contributed by atoms with E-state index in [2.05, 4.69) is 15.5 Å². The summed E-state index contributed by atoms with van der Waals surface area (Å²) in [5, 5.41) is 11.6. The van der Waals surface area contributed by atoms with Crippen LogP contribution in [0.4, 0.5) is 4.39 Å². The average Bonchev–Trinajstić information content (AvgIpc) is 3.17. The first kappa shape index (κ1) is 13.5. The van der Waals surface area contributed by atoms with Gasteiger partial charge in [-0.15, -0.1) is 11.3 Å². The van der Waals surface area contributed by atoms with Crippen molar-refractivity contribution < 1.29 is 9.18 Å². The molecule has 2 aromatic heterocycles. The molecule has 0 unspecified atom stereocenters. The highest BCUT2D eigenvalue weighted by molar-refractivity contribution is 7.13. The van der Waals surface area contributed by atoms with E-state index < -0.39 is 0 Å². The van der Waals surface area contributed by atoms with Gasteiger partial charge in [-0.25, -0.2) is 4.39 Å². The Morgan fingerprint density at radius 1 is 1.29 bits per heavy atom. The van der Waals surface area contributed by atoms with Crippen molar-refractivity contribution >= 4 is 17.2 Å². The molecule has 0 spiro atoms. The minimum absolute atomic E-state index is 0.265. The van der Waals surface area contributed by atoms with Crippen molar-refractivity contribution in [2.75, 3.05) is 0 Å². The molecular formula is C15H12FN3OS. The molecule has 0 aliphatic carbocycles. The van der Waals surface area contributed by atoms with E-state index in [9.17, 15) is 9.18 Å². The molecule has 0 saturated heterocycles. The summed E-state index contributed by atoms with van der Waals surface area (Å²) >= 11 is 1.57. The Kier molecular flexibility index (Phi) is 3.79. The standard InChI is InChI=1S/C15H12FN3OS/c16-11-5-3-10(4-6-11)9-17-15(20)13-8-12(18-19-13)14-2-1-7-21-14/h1-8H,9H2,(H,17,20)(H,18,19). The summed E-state index contributed by atoms with van der Waals surface area (Å²) in [5.41, 5.74) is 1.98. The van der Waals surface area contributed by atoms with Crippen LogP contribution in [0.5, 0.6) is 0 Å². The molecule has 0 bridgehead atoms. The minimum atomic E-state index is -0.294. The zero-order chi connectivity index (χ0) is 14.7. The maximum Gasteiger partial charge on any atom is 0.272 e. The highest BCUT2D eigenvalue weighted by Gasteiger charge is 2.11. The second kappa shape index (κ2) is 5.88. The molecule has 0 atom stereocenters. The summed E-state index contributed by atoms with van der Waals surface area (Å²) in [4.78, 5) is 13.0. The van der Waals surface area contributed by atoms with E-state index in [1.165, 1.54) is 12.1 Å². The maximum absolute atomic E-state index is 12.8. The third-order valence-corrected chi connectivity index (χ3v) is 3.87. The Bertz CT molecular complexity index is 735. The van der Waals surface area contributed by atoms with E-state index in [-0.39, 0.29) is 11.7 Å². The Labute approximate surface area is 124 Å². The van der Waals surface area contributed by atoms with Gasteiger partial charge in [-0.2, -0.15) is 5.10 Å². The van der Waals surface area contributed by atoms with Crippen LogP contribution in [0.2, 0.25) is 0 Å². The number of H-pyrrole nitrogens is 1. The summed E-state index contributed by atoms with van der Waals surface area (Å²) in [6, 6.07) is 11.6. The fraction of sp³-hybridized carbons (Fsp3) is 0.0667. The predicted molar refractivity (Wildman–Crippen MR) is 79.5 cm³/mol. The monoisotopic (exact) mass is 301 g/mol. The number of aromatic nitrogens is 2. The summed E-state index contributed by atoms with van der Waals surface area (Å²) in [5.74, 6) is -0.559. The number of benzene rings is 1. The third kappa shape index (κ3) is 3.17. The van der Waals surface area contributed by atoms with Crippen molar-refractivity contribution in [3.63, 3.8) is 0 Å². The largest absolute Gasteiger partial charge is 0.347 e. The number of amides is 1. The van der Waals surface area contributed by atoms with E-state index >= 15 is 0 Å². The second-order valence-electron chi connectivity index (χ2n) is 4.45. The smallest absolute Gasteiger partial charge is 0.272 e. The minimum Gasteiger partial charge on any atom is -0.347 e. The van der Waals surface area contributed by atoms with Crippen LogP contribution in [-0.2, 0) is 6.54 Å². The molecule has 6 heteroatoms. The molecule has 21 heavy (non-hydrogen) atoms. The molecule has 0 aliphatic heterocycles. The zero-order valence-corrected chi connectivity index (χ0v) is 11.8. The molecule has 3 rings (SSSR count). The molecule has 106 valence electrons. The quantitative estimate of drug-likeness (QED) is 0.777. The van der Waals surface area contributed by atoms with Crippen LogP contribution in [0, 0.1) is 5.82 Å². The summed E-state index contributed by atoms with van der Waals surface area (Å²) in [6.45, 7) is 0.334. The highest BCUT2D eigenvalue weighted by atomic mass is 32.1. The first-order valence-corrected chi connectivity index (χ1v) is 7.22. The SMILES string of the molecule is O=C(NCc1ccc(F)cc1)c1cc(-c2cccs2)[nH]n1. The molecule has 0 saturated carbocycles. The van der Waals surface area contributed by atoms with Crippen LogP contribution < -0.4 is 5.32 Å². The van der Waals surface area contributed by atoms with Gasteiger partial charge in [-0.05, 0) is 35.2 Å². The molecule has 0 aliphatic rings. The van der Waals surface area contributed by atoms with Gasteiger partial charge in [0.2, 0.25) is 0 Å². The Morgan fingerprint density at radius 3 is 2.81 bits per heavy atom. The lowest BCUT2D eigenvalue weighted by Gasteiger charge is -2.02. The van der Waals surface area contributed by atoms with Gasteiger partial charge in [0.15, 0.2) is 5.69 Å². The van der Waals surface area contributed by atoms with Gasteiger partial charge in [0.05, 0.1) is 10.6 Å². The number of carbonyl (C=O) groups is 1. The number of nitrogens with one attached hydrogen (secondary N) is 2. The highest BCUT2D eigenvalue weighted by Crippen LogP contribution is 2.22. The molecular weight excluding hydrogens is 289 g/mol. The number of aromatic amines is 1. The average molecular weight is 301 g/mol. The fourth-order valence-corrected chi connectivity index (χ4v) is 2.56. The van der Waals surface area contributed by atoms with Crippen molar-refractivity contribution in [1.29, 1.82) is 0 Å². The van der Waals surface area contributed by atoms with Crippen molar-refractivity contribution in [1.82, 2.24) is 15.5 Å². The van der Waals surface area contributed by atoms with Gasteiger partial charge in [0, 0.05) is 6.54 Å². The Morgan fingerprint density at radius 2 is 2.10 bits per heavy atom. The number of hydrogen-bond acceptors (Lipinski definition) is 3. The summed E-state index contributed by atoms with van der Waals surface area (Å²) in [6.07, 6.45) is 0. The molecule has 1 aromatic carbocycles.